The predicted octanol–water partition coefficient (Wildman–Crippen LogP) is 2.11. The Bertz CT molecular complexity index is 939. The number of benzene rings is 1. The molecule has 0 radical (unpaired) electrons. The number of nitrogens with one attached hydrogen (secondary N) is 1. The first kappa shape index (κ1) is 20.5. The predicted molar refractivity (Wildman–Crippen MR) is 97.7 cm³/mol. The molecule has 1 aromatic heterocycles. The number of rotatable bonds is 5. The van der Waals surface area contributed by atoms with Crippen LogP contribution < -0.4 is 15.8 Å². The van der Waals surface area contributed by atoms with Crippen molar-refractivity contribution < 1.29 is 27.4 Å². The van der Waals surface area contributed by atoms with Crippen LogP contribution in [0.4, 0.5) is 18.9 Å². The summed E-state index contributed by atoms with van der Waals surface area (Å²) in [6.45, 7) is 1.02. The van der Waals surface area contributed by atoms with Gasteiger partial charge in [0.25, 0.3) is 12.3 Å². The molecule has 1 aliphatic heterocycles. The van der Waals surface area contributed by atoms with Crippen molar-refractivity contribution in [2.24, 2.45) is 10.7 Å². The largest absolute Gasteiger partial charge is 0.480 e. The van der Waals surface area contributed by atoms with Crippen molar-refractivity contribution in [1.29, 1.82) is 0 Å². The number of methoxy groups -OCH3 is 1. The van der Waals surface area contributed by atoms with E-state index in [9.17, 15) is 18.0 Å². The molecule has 2 heterocycles. The fourth-order valence-electron chi connectivity index (χ4n) is 2.99. The number of aliphatic imine (C=N–C) groups is 1. The molecule has 0 saturated heterocycles. The van der Waals surface area contributed by atoms with E-state index >= 15 is 0 Å². The molecular weight excluding hydrogens is 391 g/mol. The molecule has 2 aromatic rings. The summed E-state index contributed by atoms with van der Waals surface area (Å²) < 4.78 is 51.5. The van der Waals surface area contributed by atoms with Crippen molar-refractivity contribution in [3.63, 3.8) is 0 Å². The van der Waals surface area contributed by atoms with Crippen LogP contribution in [0.1, 0.15) is 23.0 Å². The van der Waals surface area contributed by atoms with E-state index in [4.69, 9.17) is 15.2 Å². The Kier molecular flexibility index (Phi) is 5.69. The third kappa shape index (κ3) is 4.14. The number of amidine groups is 1. The second-order valence-corrected chi connectivity index (χ2v) is 6.41. The van der Waals surface area contributed by atoms with E-state index < -0.39 is 29.8 Å². The van der Waals surface area contributed by atoms with Gasteiger partial charge in [-0.3, -0.25) is 9.79 Å². The lowest BCUT2D eigenvalue weighted by atomic mass is 9.85. The summed E-state index contributed by atoms with van der Waals surface area (Å²) in [6, 6.07) is 3.54. The highest BCUT2D eigenvalue weighted by atomic mass is 19.3. The minimum Gasteiger partial charge on any atom is -0.480 e. The molecule has 154 valence electrons. The molecule has 0 saturated carbocycles. The number of nitrogens with two attached hydrogens (primary N) is 1. The lowest BCUT2D eigenvalue weighted by Crippen LogP contribution is -2.49. The van der Waals surface area contributed by atoms with E-state index in [1.165, 1.54) is 38.6 Å². The lowest BCUT2D eigenvalue weighted by Gasteiger charge is -2.37. The van der Waals surface area contributed by atoms with Gasteiger partial charge in [-0.05, 0) is 25.1 Å². The zero-order valence-corrected chi connectivity index (χ0v) is 15.5. The zero-order chi connectivity index (χ0) is 21.2. The van der Waals surface area contributed by atoms with Crippen LogP contribution in [0.15, 0.2) is 35.6 Å². The average molecular weight is 409 g/mol. The summed E-state index contributed by atoms with van der Waals surface area (Å²) in [6.07, 6.45) is -2.17. The van der Waals surface area contributed by atoms with Crippen molar-refractivity contribution in [3.05, 3.63) is 47.7 Å². The normalized spacial score (nSPS) is 21.6. The molecule has 0 aliphatic carbocycles. The molecule has 3 rings (SSSR count). The molecule has 1 amide bonds. The number of alkyl halides is 2. The van der Waals surface area contributed by atoms with Gasteiger partial charge in [-0.1, -0.05) is 0 Å². The first-order valence-electron chi connectivity index (χ1n) is 8.46. The highest BCUT2D eigenvalue weighted by Crippen LogP contribution is 2.39. The Morgan fingerprint density at radius 1 is 1.38 bits per heavy atom. The molecule has 0 fully saturated rings. The first-order valence-corrected chi connectivity index (χ1v) is 8.46. The van der Waals surface area contributed by atoms with Crippen LogP contribution in [-0.2, 0) is 10.3 Å². The summed E-state index contributed by atoms with van der Waals surface area (Å²) in [5, 5.41) is 2.52. The van der Waals surface area contributed by atoms with Gasteiger partial charge in [0.15, 0.2) is 0 Å². The van der Waals surface area contributed by atoms with E-state index in [2.05, 4.69) is 20.3 Å². The smallest absolute Gasteiger partial charge is 0.275 e. The number of aromatic nitrogens is 2. The molecule has 29 heavy (non-hydrogen) atoms. The van der Waals surface area contributed by atoms with Gasteiger partial charge in [-0.2, -0.15) is 0 Å². The van der Waals surface area contributed by atoms with Crippen LogP contribution in [-0.4, -0.2) is 48.0 Å². The van der Waals surface area contributed by atoms with E-state index in [1.807, 2.05) is 0 Å². The van der Waals surface area contributed by atoms with Gasteiger partial charge in [0.2, 0.25) is 5.88 Å². The molecule has 1 aromatic carbocycles. The second-order valence-electron chi connectivity index (χ2n) is 6.41. The van der Waals surface area contributed by atoms with E-state index in [0.29, 0.717) is 0 Å². The molecule has 0 bridgehead atoms. The summed E-state index contributed by atoms with van der Waals surface area (Å²) >= 11 is 0. The van der Waals surface area contributed by atoms with Crippen LogP contribution >= 0.6 is 0 Å². The quantitative estimate of drug-likeness (QED) is 0.782. The van der Waals surface area contributed by atoms with Crippen molar-refractivity contribution >= 4 is 17.4 Å². The third-order valence-electron chi connectivity index (χ3n) is 4.41. The van der Waals surface area contributed by atoms with E-state index in [1.54, 1.807) is 0 Å². The minimum absolute atomic E-state index is 0.0170. The summed E-state index contributed by atoms with van der Waals surface area (Å²) in [4.78, 5) is 24.2. The Morgan fingerprint density at radius 3 is 2.76 bits per heavy atom. The van der Waals surface area contributed by atoms with Crippen molar-refractivity contribution in [2.75, 3.05) is 19.0 Å². The number of ether oxygens (including phenoxy) is 2. The van der Waals surface area contributed by atoms with Crippen LogP contribution in [0.25, 0.3) is 0 Å². The number of amides is 1. The molecule has 1 aliphatic rings. The van der Waals surface area contributed by atoms with Crippen molar-refractivity contribution in [3.8, 4) is 5.88 Å². The maximum atomic E-state index is 14.5. The van der Waals surface area contributed by atoms with E-state index in [-0.39, 0.29) is 35.3 Å². The number of carbonyl (C=O) groups excluding carboxylic acids is 1. The molecule has 8 nitrogen and oxygen atoms in total. The Labute approximate surface area is 164 Å². The fraction of sp³-hybridized carbons (Fsp3) is 0.333. The van der Waals surface area contributed by atoms with Gasteiger partial charge in [-0.15, -0.1) is 0 Å². The van der Waals surface area contributed by atoms with Crippen LogP contribution in [0.2, 0.25) is 0 Å². The Morgan fingerprint density at radius 2 is 2.14 bits per heavy atom. The minimum atomic E-state index is -2.93. The number of nitrogens with zero attached hydrogens (tertiary/aromatic N) is 3. The highest BCUT2D eigenvalue weighted by Gasteiger charge is 2.46. The van der Waals surface area contributed by atoms with Crippen molar-refractivity contribution in [2.45, 2.75) is 25.0 Å². The third-order valence-corrected chi connectivity index (χ3v) is 4.41. The Balaban J connectivity index is 1.93. The van der Waals surface area contributed by atoms with Crippen LogP contribution in [0, 0.1) is 5.82 Å². The number of hydrogen-bond donors (Lipinski definition) is 2. The maximum Gasteiger partial charge on any atom is 0.275 e. The van der Waals surface area contributed by atoms with Crippen LogP contribution in [0.3, 0.4) is 0 Å². The van der Waals surface area contributed by atoms with Crippen LogP contribution in [0.5, 0.6) is 5.88 Å². The topological polar surface area (TPSA) is 112 Å². The van der Waals surface area contributed by atoms with Gasteiger partial charge < -0.3 is 20.5 Å². The second kappa shape index (κ2) is 8.03. The van der Waals surface area contributed by atoms with Gasteiger partial charge in [0.1, 0.15) is 35.6 Å². The molecule has 1 unspecified atom stereocenters. The van der Waals surface area contributed by atoms with E-state index in [0.717, 1.165) is 6.07 Å². The lowest BCUT2D eigenvalue weighted by molar-refractivity contribution is -0.0883. The molecule has 11 heteroatoms. The SMILES string of the molecule is COc1cnc(C(=O)Nc2ccc(F)c([C@@]3(C)N=C(N)COC3C(F)F)c2)cn1. The first-order chi connectivity index (χ1) is 13.7. The standard InChI is InChI=1S/C18H18F3N5O3/c1-18(15(16(20)21)29-8-13(22)26-18)10-5-9(3-4-11(10)19)25-17(27)12-6-24-14(28-2)7-23-12/h3-7,15-16H,8H2,1-2H3,(H2,22,26)(H,25,27)/t15?,18-/m1/s1. The van der Waals surface area contributed by atoms with Crippen molar-refractivity contribution in [1.82, 2.24) is 9.97 Å². The van der Waals surface area contributed by atoms with Gasteiger partial charge >= 0.3 is 0 Å². The summed E-state index contributed by atoms with van der Waals surface area (Å²) in [5.74, 6) is -1.23. The molecule has 3 N–H and O–H groups in total. The monoisotopic (exact) mass is 409 g/mol. The fourth-order valence-corrected chi connectivity index (χ4v) is 2.99. The number of carbonyl (C=O) groups is 1. The number of anilines is 1. The maximum absolute atomic E-state index is 14.5. The zero-order valence-electron chi connectivity index (χ0n) is 15.5. The van der Waals surface area contributed by atoms with Gasteiger partial charge in [-0.25, -0.2) is 23.1 Å². The molecular formula is C18H18F3N5O3. The average Bonchev–Trinajstić information content (AvgIpc) is 2.69. The van der Waals surface area contributed by atoms with Gasteiger partial charge in [0.05, 0.1) is 19.5 Å². The molecule has 0 spiro atoms. The summed E-state index contributed by atoms with van der Waals surface area (Å²) in [7, 11) is 1.40. The highest BCUT2D eigenvalue weighted by molar-refractivity contribution is 6.02. The Hall–Kier alpha value is -3.21. The number of halogens is 3. The number of hydrogen-bond acceptors (Lipinski definition) is 7. The summed E-state index contributed by atoms with van der Waals surface area (Å²) in [5.41, 5.74) is 3.81. The molecule has 2 atom stereocenters. The van der Waals surface area contributed by atoms with Gasteiger partial charge in [0, 0.05) is 11.3 Å².